The maximum Gasteiger partial charge on any atom is 0.323 e. The molecule has 0 saturated carbocycles. The van der Waals surface area contributed by atoms with Gasteiger partial charge in [-0.05, 0) is 43.4 Å². The molecule has 1 unspecified atom stereocenters. The smallest absolute Gasteiger partial charge is 0.323 e. The third-order valence-corrected chi connectivity index (χ3v) is 6.21. The summed E-state index contributed by atoms with van der Waals surface area (Å²) >= 11 is 0. The molecule has 1 N–H and O–H groups in total. The molecule has 6 heteroatoms. The molecule has 0 aliphatic rings. The van der Waals surface area contributed by atoms with E-state index < -0.39 is 14.3 Å². The fourth-order valence-corrected chi connectivity index (χ4v) is 4.67. The zero-order valence-corrected chi connectivity index (χ0v) is 20.1. The monoisotopic (exact) mass is 445 g/mol. The van der Waals surface area contributed by atoms with Gasteiger partial charge in [-0.3, -0.25) is 4.79 Å². The number of nitrogens with one attached hydrogen (secondary N) is 1. The first-order chi connectivity index (χ1) is 15.1. The molecule has 170 valence electrons. The van der Waals surface area contributed by atoms with Crippen LogP contribution in [0, 0.1) is 0 Å². The van der Waals surface area contributed by atoms with E-state index in [-0.39, 0.29) is 5.97 Å². The van der Waals surface area contributed by atoms with Gasteiger partial charge in [0.05, 0.1) is 13.2 Å². The van der Waals surface area contributed by atoms with Gasteiger partial charge in [-0.25, -0.2) is 5.09 Å². The Balaban J connectivity index is 2.17. The molecule has 0 aliphatic heterocycles. The van der Waals surface area contributed by atoms with Crippen LogP contribution in [0.1, 0.15) is 57.2 Å². The van der Waals surface area contributed by atoms with Gasteiger partial charge in [-0.1, -0.05) is 75.2 Å². The van der Waals surface area contributed by atoms with E-state index in [9.17, 15) is 4.79 Å². The molecule has 0 saturated heterocycles. The van der Waals surface area contributed by atoms with Crippen LogP contribution >= 0.6 is 8.30 Å². The molecule has 5 nitrogen and oxygen atoms in total. The molecule has 0 fully saturated rings. The number of hydrogen-bond acceptors (Lipinski definition) is 5. The second-order valence-electron chi connectivity index (χ2n) is 7.44. The van der Waals surface area contributed by atoms with Gasteiger partial charge in [0.2, 0.25) is 0 Å². The van der Waals surface area contributed by atoms with Crippen molar-refractivity contribution in [1.82, 2.24) is 5.09 Å². The lowest BCUT2D eigenvalue weighted by atomic mass is 10.0. The third kappa shape index (κ3) is 8.60. The number of ether oxygens (including phenoxy) is 2. The predicted octanol–water partition coefficient (Wildman–Crippen LogP) is 6.00. The van der Waals surface area contributed by atoms with E-state index in [0.29, 0.717) is 19.6 Å². The Hall–Kier alpha value is -1.94. The molecule has 2 aromatic carbocycles. The maximum absolute atomic E-state index is 12.2. The molecule has 0 spiro atoms. The fourth-order valence-electron chi connectivity index (χ4n) is 3.24. The summed E-state index contributed by atoms with van der Waals surface area (Å²) in [6, 6.07) is 15.9. The highest BCUT2D eigenvalue weighted by Crippen LogP contribution is 2.40. The van der Waals surface area contributed by atoms with Crippen molar-refractivity contribution in [3.8, 4) is 5.75 Å². The summed E-state index contributed by atoms with van der Waals surface area (Å²) in [5.74, 6) is 0.654. The summed E-state index contributed by atoms with van der Waals surface area (Å²) in [5.41, 5.74) is 3.51. The minimum atomic E-state index is -1.24. The summed E-state index contributed by atoms with van der Waals surface area (Å²) in [5, 5.41) is 3.32. The van der Waals surface area contributed by atoms with Crippen molar-refractivity contribution in [2.45, 2.75) is 66.0 Å². The quantitative estimate of drug-likeness (QED) is 0.286. The summed E-state index contributed by atoms with van der Waals surface area (Å²) in [7, 11) is -1.24. The van der Waals surface area contributed by atoms with Crippen LogP contribution in [0.4, 0.5) is 0 Å². The van der Waals surface area contributed by atoms with Crippen molar-refractivity contribution < 1.29 is 18.8 Å². The average Bonchev–Trinajstić information content (AvgIpc) is 2.77. The molecule has 2 aromatic rings. The largest absolute Gasteiger partial charge is 0.465 e. The number of hydrogen-bond donors (Lipinski definition) is 1. The Labute approximate surface area is 188 Å². The number of carbonyl (C=O) groups excluding carboxylic acids is 1. The van der Waals surface area contributed by atoms with Gasteiger partial charge >= 0.3 is 5.97 Å². The standard InChI is InChI=1S/C25H36NO4P/c1-5-12-22-16-11-17-23(13-6-2)24(22)30-31(26-20(4)25(27)29-7-3)19-28-18-21-14-9-8-10-15-21/h8-11,14-17,20,26H,5-7,12-13,18-19H2,1-4H3/t20-,31?/m0/s1. The topological polar surface area (TPSA) is 56.8 Å². The number of aryl methyl sites for hydroxylation is 2. The highest BCUT2D eigenvalue weighted by Gasteiger charge is 2.23. The molecule has 0 amide bonds. The molecule has 2 rings (SSSR count). The molecule has 0 radical (unpaired) electrons. The molecular formula is C25H36NO4P. The summed E-state index contributed by atoms with van der Waals surface area (Å²) in [6.07, 6.45) is 4.37. The molecular weight excluding hydrogens is 409 g/mol. The lowest BCUT2D eigenvalue weighted by molar-refractivity contribution is -0.144. The van der Waals surface area contributed by atoms with Crippen molar-refractivity contribution in [2.24, 2.45) is 0 Å². The predicted molar refractivity (Wildman–Crippen MR) is 127 cm³/mol. The van der Waals surface area contributed by atoms with Gasteiger partial charge in [0.1, 0.15) is 18.1 Å². The van der Waals surface area contributed by atoms with Crippen molar-refractivity contribution in [2.75, 3.05) is 13.0 Å². The number of esters is 1. The van der Waals surface area contributed by atoms with Gasteiger partial charge in [-0.2, -0.15) is 0 Å². The second kappa shape index (κ2) is 14.2. The first kappa shape index (κ1) is 25.3. The van der Waals surface area contributed by atoms with Crippen LogP contribution < -0.4 is 9.61 Å². The fraction of sp³-hybridized carbons (Fsp3) is 0.480. The van der Waals surface area contributed by atoms with Gasteiger partial charge in [0.15, 0.2) is 8.30 Å². The lowest BCUT2D eigenvalue weighted by Gasteiger charge is -2.25. The van der Waals surface area contributed by atoms with Crippen molar-refractivity contribution in [3.05, 3.63) is 65.2 Å². The zero-order chi connectivity index (χ0) is 22.5. The van der Waals surface area contributed by atoms with E-state index in [1.165, 1.54) is 11.1 Å². The van der Waals surface area contributed by atoms with Crippen molar-refractivity contribution >= 4 is 14.3 Å². The summed E-state index contributed by atoms with van der Waals surface area (Å²) in [6.45, 7) is 8.81. The molecule has 0 heterocycles. The molecule has 2 atom stereocenters. The van der Waals surface area contributed by atoms with E-state index in [0.717, 1.165) is 37.0 Å². The van der Waals surface area contributed by atoms with Gasteiger partial charge < -0.3 is 14.0 Å². The molecule has 0 aromatic heterocycles. The van der Waals surface area contributed by atoms with E-state index in [4.69, 9.17) is 14.0 Å². The Bertz CT molecular complexity index is 760. The van der Waals surface area contributed by atoms with Crippen molar-refractivity contribution in [3.63, 3.8) is 0 Å². The first-order valence-electron chi connectivity index (χ1n) is 11.2. The minimum absolute atomic E-state index is 0.280. The number of rotatable bonds is 14. The Morgan fingerprint density at radius 1 is 0.968 bits per heavy atom. The normalized spacial score (nSPS) is 12.9. The summed E-state index contributed by atoms with van der Waals surface area (Å²) < 4.78 is 17.7. The lowest BCUT2D eigenvalue weighted by Crippen LogP contribution is -2.34. The average molecular weight is 446 g/mol. The van der Waals surface area contributed by atoms with E-state index in [1.54, 1.807) is 6.92 Å². The third-order valence-electron chi connectivity index (χ3n) is 4.72. The van der Waals surface area contributed by atoms with Crippen LogP contribution in [-0.4, -0.2) is 25.0 Å². The number of para-hydroxylation sites is 1. The van der Waals surface area contributed by atoms with E-state index in [1.807, 2.05) is 37.3 Å². The Kier molecular flexibility index (Phi) is 11.6. The van der Waals surface area contributed by atoms with E-state index >= 15 is 0 Å². The number of benzene rings is 2. The molecule has 0 bridgehead atoms. The molecule has 31 heavy (non-hydrogen) atoms. The SMILES string of the molecule is CCCc1cccc(CCC)c1OP(COCc1ccccc1)N[C@@H](C)C(=O)OCC. The highest BCUT2D eigenvalue weighted by molar-refractivity contribution is 7.50. The van der Waals surface area contributed by atoms with E-state index in [2.05, 4.69) is 37.1 Å². The highest BCUT2D eigenvalue weighted by atomic mass is 31.2. The number of carbonyl (C=O) groups is 1. The van der Waals surface area contributed by atoms with Gasteiger partial charge in [0, 0.05) is 0 Å². The van der Waals surface area contributed by atoms with Crippen LogP contribution in [0.3, 0.4) is 0 Å². The summed E-state index contributed by atoms with van der Waals surface area (Å²) in [4.78, 5) is 12.2. The Morgan fingerprint density at radius 3 is 2.19 bits per heavy atom. The van der Waals surface area contributed by atoms with Crippen LogP contribution in [0.5, 0.6) is 5.75 Å². The van der Waals surface area contributed by atoms with Gasteiger partial charge in [-0.15, -0.1) is 0 Å². The first-order valence-corrected chi connectivity index (χ1v) is 12.6. The van der Waals surface area contributed by atoms with Crippen LogP contribution in [0.25, 0.3) is 0 Å². The van der Waals surface area contributed by atoms with Crippen LogP contribution in [-0.2, 0) is 33.7 Å². The maximum atomic E-state index is 12.2. The van der Waals surface area contributed by atoms with Gasteiger partial charge in [0.25, 0.3) is 0 Å². The molecule has 0 aliphatic carbocycles. The minimum Gasteiger partial charge on any atom is -0.465 e. The van der Waals surface area contributed by atoms with Crippen LogP contribution in [0.2, 0.25) is 0 Å². The van der Waals surface area contributed by atoms with Crippen LogP contribution in [0.15, 0.2) is 48.5 Å². The zero-order valence-electron chi connectivity index (χ0n) is 19.2. The van der Waals surface area contributed by atoms with Crippen molar-refractivity contribution in [1.29, 1.82) is 0 Å². The second-order valence-corrected chi connectivity index (χ2v) is 8.90. The Morgan fingerprint density at radius 2 is 1.61 bits per heavy atom.